The number of carbonyl (C=O) groups excluding carboxylic acids is 1. The van der Waals surface area contributed by atoms with E-state index in [1.165, 1.54) is 6.07 Å². The molecule has 0 saturated heterocycles. The summed E-state index contributed by atoms with van der Waals surface area (Å²) in [6.07, 6.45) is 3.81. The minimum atomic E-state index is -0.405. The molecule has 4 N–H and O–H groups in total. The van der Waals surface area contributed by atoms with Gasteiger partial charge >= 0.3 is 0 Å². The van der Waals surface area contributed by atoms with Crippen LogP contribution < -0.4 is 11.1 Å². The molecule has 0 unspecified atom stereocenters. The maximum atomic E-state index is 14.3. The van der Waals surface area contributed by atoms with Crippen LogP contribution in [0.3, 0.4) is 0 Å². The minimum absolute atomic E-state index is 0.0559. The zero-order chi connectivity index (χ0) is 21.1. The Morgan fingerprint density at radius 2 is 1.90 bits per heavy atom. The van der Waals surface area contributed by atoms with Gasteiger partial charge < -0.3 is 16.0 Å². The predicted octanol–water partition coefficient (Wildman–Crippen LogP) is 4.33. The highest BCUT2D eigenvalue weighted by molar-refractivity contribution is 6.35. The van der Waals surface area contributed by atoms with Gasteiger partial charge in [-0.15, -0.1) is 0 Å². The van der Waals surface area contributed by atoms with E-state index in [1.54, 1.807) is 30.6 Å². The van der Waals surface area contributed by atoms with E-state index in [0.717, 1.165) is 16.8 Å². The molecule has 7 heteroatoms. The maximum Gasteiger partial charge on any atom is 0.251 e. The van der Waals surface area contributed by atoms with Gasteiger partial charge in [0.1, 0.15) is 5.82 Å². The number of amides is 1. The summed E-state index contributed by atoms with van der Waals surface area (Å²) in [5.41, 5.74) is 10.00. The van der Waals surface area contributed by atoms with E-state index in [4.69, 9.17) is 17.3 Å². The van der Waals surface area contributed by atoms with Crippen molar-refractivity contribution in [1.29, 1.82) is 0 Å². The number of pyridine rings is 1. The molecule has 2 aromatic carbocycles. The smallest absolute Gasteiger partial charge is 0.251 e. The molecule has 2 heterocycles. The highest BCUT2D eigenvalue weighted by Crippen LogP contribution is 2.25. The van der Waals surface area contributed by atoms with E-state index in [2.05, 4.69) is 15.3 Å². The Balaban J connectivity index is 1.45. The van der Waals surface area contributed by atoms with Crippen molar-refractivity contribution in [3.8, 4) is 0 Å². The molecule has 0 saturated carbocycles. The first-order chi connectivity index (χ1) is 14.5. The molecule has 0 aliphatic carbocycles. The van der Waals surface area contributed by atoms with Crippen LogP contribution in [0.4, 0.5) is 4.39 Å². The van der Waals surface area contributed by atoms with Crippen LogP contribution in [-0.4, -0.2) is 15.9 Å². The Morgan fingerprint density at radius 3 is 2.67 bits per heavy atom. The lowest BCUT2D eigenvalue weighted by Crippen LogP contribution is -2.23. The van der Waals surface area contributed by atoms with Crippen LogP contribution in [0.5, 0.6) is 0 Å². The Morgan fingerprint density at radius 1 is 1.13 bits per heavy atom. The second-order valence-corrected chi connectivity index (χ2v) is 7.45. The summed E-state index contributed by atoms with van der Waals surface area (Å²) in [5, 5.41) is 3.99. The van der Waals surface area contributed by atoms with Gasteiger partial charge in [0.15, 0.2) is 0 Å². The Kier molecular flexibility index (Phi) is 5.79. The third kappa shape index (κ3) is 4.35. The second kappa shape index (κ2) is 8.65. The molecule has 1 amide bonds. The number of fused-ring (bicyclic) bond motifs is 1. The van der Waals surface area contributed by atoms with Crippen LogP contribution >= 0.6 is 11.6 Å². The summed E-state index contributed by atoms with van der Waals surface area (Å²) in [7, 11) is 0. The van der Waals surface area contributed by atoms with Crippen molar-refractivity contribution in [2.24, 2.45) is 5.73 Å². The third-order valence-corrected chi connectivity index (χ3v) is 5.27. The Bertz CT molecular complexity index is 1200. The molecule has 0 atom stereocenters. The van der Waals surface area contributed by atoms with Crippen molar-refractivity contribution in [2.45, 2.75) is 19.5 Å². The van der Waals surface area contributed by atoms with E-state index in [-0.39, 0.29) is 12.5 Å². The van der Waals surface area contributed by atoms with E-state index < -0.39 is 5.82 Å². The lowest BCUT2D eigenvalue weighted by molar-refractivity contribution is 0.0950. The number of halogens is 2. The molecular weight excluding hydrogens is 403 g/mol. The highest BCUT2D eigenvalue weighted by Gasteiger charge is 2.12. The Labute approximate surface area is 178 Å². The number of carbonyl (C=O) groups is 1. The van der Waals surface area contributed by atoms with Crippen LogP contribution in [0.15, 0.2) is 60.9 Å². The summed E-state index contributed by atoms with van der Waals surface area (Å²) >= 11 is 6.10. The molecule has 4 aromatic rings. The Hall–Kier alpha value is -3.22. The van der Waals surface area contributed by atoms with Crippen molar-refractivity contribution in [1.82, 2.24) is 15.3 Å². The summed E-state index contributed by atoms with van der Waals surface area (Å²) in [6.45, 7) is 0.554. The van der Waals surface area contributed by atoms with Crippen molar-refractivity contribution in [3.05, 3.63) is 99.7 Å². The van der Waals surface area contributed by atoms with Gasteiger partial charge in [-0.05, 0) is 35.4 Å². The normalized spacial score (nSPS) is 11.0. The first-order valence-electron chi connectivity index (χ1n) is 9.49. The van der Waals surface area contributed by atoms with Crippen LogP contribution in [0.2, 0.25) is 5.02 Å². The largest absolute Gasteiger partial charge is 0.360 e. The first-order valence-corrected chi connectivity index (χ1v) is 9.87. The van der Waals surface area contributed by atoms with Gasteiger partial charge in [-0.3, -0.25) is 9.78 Å². The summed E-state index contributed by atoms with van der Waals surface area (Å²) in [4.78, 5) is 19.8. The van der Waals surface area contributed by atoms with Crippen LogP contribution in [0, 0.1) is 5.82 Å². The van der Waals surface area contributed by atoms with E-state index in [0.29, 0.717) is 40.0 Å². The quantitative estimate of drug-likeness (QED) is 0.432. The number of hydrogen-bond donors (Lipinski definition) is 3. The number of hydrogen-bond acceptors (Lipinski definition) is 3. The van der Waals surface area contributed by atoms with E-state index >= 15 is 0 Å². The van der Waals surface area contributed by atoms with Crippen molar-refractivity contribution in [3.63, 3.8) is 0 Å². The first kappa shape index (κ1) is 20.1. The van der Waals surface area contributed by atoms with Crippen LogP contribution in [0.25, 0.3) is 10.9 Å². The summed E-state index contributed by atoms with van der Waals surface area (Å²) in [6, 6.07) is 14.4. The summed E-state index contributed by atoms with van der Waals surface area (Å²) < 4.78 is 14.3. The van der Waals surface area contributed by atoms with Gasteiger partial charge in [-0.2, -0.15) is 0 Å². The lowest BCUT2D eigenvalue weighted by atomic mass is 10.1. The van der Waals surface area contributed by atoms with Gasteiger partial charge in [0.2, 0.25) is 0 Å². The van der Waals surface area contributed by atoms with Crippen LogP contribution in [-0.2, 0) is 19.5 Å². The molecule has 0 fully saturated rings. The monoisotopic (exact) mass is 422 g/mol. The molecule has 2 aromatic heterocycles. The van der Waals surface area contributed by atoms with Crippen molar-refractivity contribution >= 4 is 28.4 Å². The third-order valence-electron chi connectivity index (χ3n) is 4.96. The van der Waals surface area contributed by atoms with Gasteiger partial charge in [-0.1, -0.05) is 35.9 Å². The number of benzene rings is 2. The molecule has 152 valence electrons. The molecule has 30 heavy (non-hydrogen) atoms. The van der Waals surface area contributed by atoms with Gasteiger partial charge in [0.25, 0.3) is 5.91 Å². The molecule has 0 aliphatic heterocycles. The molecule has 0 spiro atoms. The molecule has 0 aliphatic rings. The zero-order valence-electron chi connectivity index (χ0n) is 16.1. The predicted molar refractivity (Wildman–Crippen MR) is 116 cm³/mol. The number of nitrogens with two attached hydrogens (primary N) is 1. The fraction of sp³-hybridized carbons (Fsp3) is 0.130. The molecule has 5 nitrogen and oxygen atoms in total. The van der Waals surface area contributed by atoms with Crippen LogP contribution in [0.1, 0.15) is 32.7 Å². The molecule has 4 rings (SSSR count). The van der Waals surface area contributed by atoms with Gasteiger partial charge in [0, 0.05) is 59.6 Å². The lowest BCUT2D eigenvalue weighted by Gasteiger charge is -2.09. The maximum absolute atomic E-state index is 14.3. The average Bonchev–Trinajstić information content (AvgIpc) is 3.12. The van der Waals surface area contributed by atoms with Gasteiger partial charge in [-0.25, -0.2) is 4.39 Å². The van der Waals surface area contributed by atoms with Crippen molar-refractivity contribution < 1.29 is 9.18 Å². The SMILES string of the molecule is NCc1ccc(Cc2cc(C(=O)NCc3cc4c(Cl)c[nH]c4cc3F)ccn2)cc1. The highest BCUT2D eigenvalue weighted by atomic mass is 35.5. The molecule has 0 bridgehead atoms. The van der Waals surface area contributed by atoms with Gasteiger partial charge in [0.05, 0.1) is 5.02 Å². The average molecular weight is 423 g/mol. The molecular formula is C23H20ClFN4O. The number of aromatic amines is 1. The number of nitrogens with zero attached hydrogens (tertiary/aromatic N) is 1. The van der Waals surface area contributed by atoms with E-state index in [9.17, 15) is 9.18 Å². The van der Waals surface area contributed by atoms with E-state index in [1.807, 2.05) is 24.3 Å². The number of H-pyrrole nitrogens is 1. The topological polar surface area (TPSA) is 83.8 Å². The standard InChI is InChI=1S/C23H20ClFN4O/c24-20-13-28-22-10-21(25)17(9-19(20)22)12-29-23(30)16-5-6-27-18(8-16)7-14-1-3-15(11-26)4-2-14/h1-6,8-10,13,28H,7,11-12,26H2,(H,29,30). The number of aromatic nitrogens is 2. The minimum Gasteiger partial charge on any atom is -0.360 e. The zero-order valence-corrected chi connectivity index (χ0v) is 16.8. The van der Waals surface area contributed by atoms with Crippen molar-refractivity contribution in [2.75, 3.05) is 0 Å². The fourth-order valence-electron chi connectivity index (χ4n) is 3.29. The second-order valence-electron chi connectivity index (χ2n) is 7.04. The number of rotatable bonds is 6. The fourth-order valence-corrected chi connectivity index (χ4v) is 3.50. The number of nitrogens with one attached hydrogen (secondary N) is 2. The molecule has 0 radical (unpaired) electrons. The summed E-state index contributed by atoms with van der Waals surface area (Å²) in [5.74, 6) is -0.700.